The first-order valence-electron chi connectivity index (χ1n) is 23.8. The van der Waals surface area contributed by atoms with Crippen molar-refractivity contribution in [3.05, 3.63) is 181 Å². The van der Waals surface area contributed by atoms with E-state index in [4.69, 9.17) is 0 Å². The van der Waals surface area contributed by atoms with Gasteiger partial charge in [0.1, 0.15) is 0 Å². The van der Waals surface area contributed by atoms with E-state index in [2.05, 4.69) is 211 Å². The van der Waals surface area contributed by atoms with Gasteiger partial charge in [-0.25, -0.2) is 0 Å². The van der Waals surface area contributed by atoms with E-state index in [9.17, 15) is 0 Å². The summed E-state index contributed by atoms with van der Waals surface area (Å²) in [6.45, 7) is 14.2. The van der Waals surface area contributed by atoms with Gasteiger partial charge in [0.15, 0.2) is 0 Å². The molecule has 0 radical (unpaired) electrons. The molecule has 0 heterocycles. The minimum Gasteiger partial charge on any atom is -0.0616 e. The van der Waals surface area contributed by atoms with Crippen LogP contribution in [0.2, 0.25) is 0 Å². The molecule has 0 saturated heterocycles. The van der Waals surface area contributed by atoms with Gasteiger partial charge in [-0.05, 0) is 197 Å². The lowest BCUT2D eigenvalue weighted by Crippen LogP contribution is -2.11. The summed E-state index contributed by atoms with van der Waals surface area (Å²) in [6, 6.07) is 66.2. The Labute approximate surface area is 382 Å². The topological polar surface area (TPSA) is 0 Å². The summed E-state index contributed by atoms with van der Waals surface area (Å²) in [4.78, 5) is 0. The van der Waals surface area contributed by atoms with E-state index in [0.717, 1.165) is 0 Å². The molecule has 0 bridgehead atoms. The average Bonchev–Trinajstić information content (AvgIpc) is 3.33. The summed E-state index contributed by atoms with van der Waals surface area (Å²) in [7, 11) is 0. The number of hydrogen-bond acceptors (Lipinski definition) is 0. The zero-order valence-corrected chi connectivity index (χ0v) is 38.2. The van der Waals surface area contributed by atoms with Crippen molar-refractivity contribution >= 4 is 151 Å². The van der Waals surface area contributed by atoms with Gasteiger partial charge in [0, 0.05) is 0 Å². The van der Waals surface area contributed by atoms with E-state index in [1.165, 1.54) is 162 Å². The molecular weight excluding hydrogens is 793 g/mol. The van der Waals surface area contributed by atoms with Crippen LogP contribution in [-0.2, 0) is 10.8 Å². The Kier molecular flexibility index (Phi) is 6.80. The maximum atomic E-state index is 2.56. The van der Waals surface area contributed by atoms with Gasteiger partial charge in [-0.3, -0.25) is 0 Å². The van der Waals surface area contributed by atoms with E-state index < -0.39 is 0 Å². The van der Waals surface area contributed by atoms with Crippen LogP contribution in [0.4, 0.5) is 0 Å². The predicted octanol–water partition coefficient (Wildman–Crippen LogP) is 19.3. The lowest BCUT2D eigenvalue weighted by atomic mass is 9.74. The van der Waals surface area contributed by atoms with E-state index in [1.807, 2.05) is 0 Å². The van der Waals surface area contributed by atoms with Crippen molar-refractivity contribution in [1.29, 1.82) is 0 Å². The fourth-order valence-electron chi connectivity index (χ4n) is 12.8. The third-order valence-corrected chi connectivity index (χ3v) is 15.9. The maximum Gasteiger partial charge on any atom is -0.0000473 e. The van der Waals surface area contributed by atoms with Crippen LogP contribution in [0.3, 0.4) is 0 Å². The van der Waals surface area contributed by atoms with Crippen molar-refractivity contribution in [3.63, 3.8) is 0 Å². The minimum atomic E-state index is -0.0658. The van der Waals surface area contributed by atoms with Crippen LogP contribution in [0, 0.1) is 0 Å². The van der Waals surface area contributed by atoms with Crippen molar-refractivity contribution in [2.45, 2.75) is 52.4 Å². The van der Waals surface area contributed by atoms with Gasteiger partial charge in [-0.2, -0.15) is 0 Å². The minimum absolute atomic E-state index is 0.0658. The first-order valence-corrected chi connectivity index (χ1v) is 23.8. The highest BCUT2D eigenvalue weighted by atomic mass is 14.3. The van der Waals surface area contributed by atoms with E-state index in [0.29, 0.717) is 0 Å². The van der Waals surface area contributed by atoms with Crippen LogP contribution in [-0.4, -0.2) is 0 Å². The van der Waals surface area contributed by atoms with Gasteiger partial charge in [0.25, 0.3) is 0 Å². The fourth-order valence-corrected chi connectivity index (χ4v) is 12.8. The van der Waals surface area contributed by atoms with E-state index in [1.54, 1.807) is 0 Å². The first kappa shape index (κ1) is 36.8. The molecule has 0 aliphatic carbocycles. The molecule has 0 fully saturated rings. The van der Waals surface area contributed by atoms with E-state index >= 15 is 0 Å². The van der Waals surface area contributed by atoms with Gasteiger partial charge in [0.2, 0.25) is 0 Å². The molecule has 0 aliphatic rings. The van der Waals surface area contributed by atoms with Gasteiger partial charge in [-0.1, -0.05) is 187 Å². The van der Waals surface area contributed by atoms with Crippen LogP contribution >= 0.6 is 0 Å². The van der Waals surface area contributed by atoms with Crippen LogP contribution < -0.4 is 0 Å². The Hall–Kier alpha value is -7.54. The average molecular weight is 839 g/mol. The molecular formula is C66H46. The van der Waals surface area contributed by atoms with Crippen molar-refractivity contribution in [2.75, 3.05) is 0 Å². The van der Waals surface area contributed by atoms with Crippen LogP contribution in [0.15, 0.2) is 170 Å². The second-order valence-electron chi connectivity index (χ2n) is 21.5. The quantitative estimate of drug-likeness (QED) is 0.105. The number of benzene rings is 15. The summed E-state index contributed by atoms with van der Waals surface area (Å²) in [5.74, 6) is 0. The standard InChI is InChI=1S/C66H46/c1-65(2,3)39-31-49-45-27-23-35-15-7-11-19-41(35)53(45)59-61-55-43-21-13-9-17-37(43)25-29-47(55)51-33-40(66(4,5)6)34-52-48-30-26-38-18-10-14-22-44(38)56(48)62(64(61)58(51)52)60-54-42-20-12-8-16-36(42)24-28-46(54)50(32-39)57(49)63(59)60/h7-34H,1-6H3. The van der Waals surface area contributed by atoms with Crippen molar-refractivity contribution in [3.8, 4) is 0 Å². The largest absolute Gasteiger partial charge is 0.0616 e. The molecule has 0 amide bonds. The molecule has 0 nitrogen and oxygen atoms in total. The van der Waals surface area contributed by atoms with Crippen molar-refractivity contribution in [2.24, 2.45) is 0 Å². The highest BCUT2D eigenvalue weighted by Crippen LogP contribution is 2.58. The van der Waals surface area contributed by atoms with Crippen LogP contribution in [0.5, 0.6) is 0 Å². The summed E-state index contributed by atoms with van der Waals surface area (Å²) in [5, 5.41) is 37.5. The Morgan fingerprint density at radius 1 is 0.197 bits per heavy atom. The molecule has 15 aromatic rings. The smallest absolute Gasteiger partial charge is 0.0000473 e. The van der Waals surface area contributed by atoms with Crippen molar-refractivity contribution in [1.82, 2.24) is 0 Å². The maximum absolute atomic E-state index is 2.56. The highest BCUT2D eigenvalue weighted by Gasteiger charge is 2.31. The van der Waals surface area contributed by atoms with Crippen molar-refractivity contribution < 1.29 is 0 Å². The Balaban J connectivity index is 1.46. The molecule has 0 unspecified atom stereocenters. The summed E-state index contributed by atoms with van der Waals surface area (Å²) in [6.07, 6.45) is 0. The van der Waals surface area contributed by atoms with E-state index in [-0.39, 0.29) is 10.8 Å². The first-order chi connectivity index (χ1) is 32.0. The fraction of sp³-hybridized carbons (Fsp3) is 0.121. The molecule has 0 saturated carbocycles. The van der Waals surface area contributed by atoms with Gasteiger partial charge in [0.05, 0.1) is 0 Å². The third-order valence-electron chi connectivity index (χ3n) is 15.9. The molecule has 0 heteroatoms. The molecule has 0 spiro atoms. The second kappa shape index (κ2) is 12.2. The second-order valence-corrected chi connectivity index (χ2v) is 21.5. The monoisotopic (exact) mass is 838 g/mol. The van der Waals surface area contributed by atoms with Crippen LogP contribution in [0.1, 0.15) is 52.7 Å². The zero-order chi connectivity index (χ0) is 44.1. The Morgan fingerprint density at radius 3 is 0.636 bits per heavy atom. The lowest BCUT2D eigenvalue weighted by molar-refractivity contribution is 0.591. The summed E-state index contributed by atoms with van der Waals surface area (Å²) >= 11 is 0. The number of rotatable bonds is 0. The molecule has 66 heavy (non-hydrogen) atoms. The summed E-state index contributed by atoms with van der Waals surface area (Å²) < 4.78 is 0. The Bertz CT molecular complexity index is 4110. The predicted molar refractivity (Wildman–Crippen MR) is 291 cm³/mol. The number of hydrogen-bond donors (Lipinski definition) is 0. The molecule has 0 aromatic heterocycles. The van der Waals surface area contributed by atoms with Crippen LogP contribution in [0.25, 0.3) is 151 Å². The molecule has 15 rings (SSSR count). The normalized spacial score (nSPS) is 13.3. The van der Waals surface area contributed by atoms with Gasteiger partial charge < -0.3 is 0 Å². The van der Waals surface area contributed by atoms with Gasteiger partial charge >= 0.3 is 0 Å². The molecule has 310 valence electrons. The lowest BCUT2D eigenvalue weighted by Gasteiger charge is -2.29. The molecule has 0 N–H and O–H groups in total. The zero-order valence-electron chi connectivity index (χ0n) is 38.2. The summed E-state index contributed by atoms with van der Waals surface area (Å²) in [5.41, 5.74) is 2.59. The molecule has 15 aromatic carbocycles. The molecule has 0 aliphatic heterocycles. The SMILES string of the molecule is CC(C)(C)c1cc2c3ccc4ccccc4c3c3c4c5c6ccccc6ccc5c5cc(C(C)(C)C)cc6c7ccc8ccccc8c7c(c7c8c9ccccc9ccc8c(c1)c2c37)c4c56. The Morgan fingerprint density at radius 2 is 0.409 bits per heavy atom. The van der Waals surface area contributed by atoms with Gasteiger partial charge in [-0.15, -0.1) is 0 Å². The molecule has 0 atom stereocenters. The highest BCUT2D eigenvalue weighted by molar-refractivity contribution is 6.59. The third kappa shape index (κ3) is 4.50. The number of fused-ring (bicyclic) bond motifs is 22.